The minimum atomic E-state index is -0.0932. The van der Waals surface area contributed by atoms with Gasteiger partial charge in [0.1, 0.15) is 6.04 Å². The first-order valence-corrected chi connectivity index (χ1v) is 8.10. The number of amides is 1. The standard InChI is InChI=1S/C15H29N3O2/c1-3-16-12-5-7-13(8-6-12)18-9-10-20-11-14(18)15(19)17-4-2/h12-14,16H,3-11H2,1-2H3,(H,17,19). The topological polar surface area (TPSA) is 53.6 Å². The molecule has 1 unspecified atom stereocenters. The van der Waals surface area contributed by atoms with Crippen LogP contribution in [0.25, 0.3) is 0 Å². The zero-order chi connectivity index (χ0) is 14.4. The first kappa shape index (κ1) is 15.7. The van der Waals surface area contributed by atoms with E-state index >= 15 is 0 Å². The van der Waals surface area contributed by atoms with Crippen molar-refractivity contribution in [1.29, 1.82) is 0 Å². The first-order chi connectivity index (χ1) is 9.76. The molecule has 2 rings (SSSR count). The summed E-state index contributed by atoms with van der Waals surface area (Å²) in [5, 5.41) is 6.48. The van der Waals surface area contributed by atoms with Crippen LogP contribution < -0.4 is 10.6 Å². The van der Waals surface area contributed by atoms with Gasteiger partial charge in [0.15, 0.2) is 0 Å². The Labute approximate surface area is 122 Å². The van der Waals surface area contributed by atoms with Gasteiger partial charge in [-0.2, -0.15) is 0 Å². The van der Waals surface area contributed by atoms with Crippen LogP contribution >= 0.6 is 0 Å². The lowest BCUT2D eigenvalue weighted by Gasteiger charge is -2.43. The van der Waals surface area contributed by atoms with Gasteiger partial charge in [-0.05, 0) is 39.2 Å². The van der Waals surface area contributed by atoms with Gasteiger partial charge in [-0.15, -0.1) is 0 Å². The van der Waals surface area contributed by atoms with Crippen molar-refractivity contribution in [3.05, 3.63) is 0 Å². The number of morpholine rings is 1. The van der Waals surface area contributed by atoms with Crippen molar-refractivity contribution in [3.63, 3.8) is 0 Å². The minimum absolute atomic E-state index is 0.0932. The number of likely N-dealkylation sites (N-methyl/N-ethyl adjacent to an activating group) is 1. The van der Waals surface area contributed by atoms with Crippen molar-refractivity contribution in [3.8, 4) is 0 Å². The highest BCUT2D eigenvalue weighted by atomic mass is 16.5. The maximum Gasteiger partial charge on any atom is 0.239 e. The molecule has 0 spiro atoms. The fourth-order valence-corrected chi connectivity index (χ4v) is 3.47. The Balaban J connectivity index is 1.90. The third-order valence-corrected chi connectivity index (χ3v) is 4.48. The third-order valence-electron chi connectivity index (χ3n) is 4.48. The summed E-state index contributed by atoms with van der Waals surface area (Å²) in [6, 6.07) is 1.12. The molecule has 0 bridgehead atoms. The van der Waals surface area contributed by atoms with E-state index in [1.54, 1.807) is 0 Å². The molecule has 2 aliphatic rings. The summed E-state index contributed by atoms with van der Waals surface area (Å²) in [4.78, 5) is 14.6. The molecule has 1 amide bonds. The minimum Gasteiger partial charge on any atom is -0.378 e. The number of carbonyl (C=O) groups excluding carboxylic acids is 1. The summed E-state index contributed by atoms with van der Waals surface area (Å²) < 4.78 is 5.52. The molecule has 1 saturated carbocycles. The lowest BCUT2D eigenvalue weighted by molar-refractivity contribution is -0.135. The van der Waals surface area contributed by atoms with Gasteiger partial charge in [-0.25, -0.2) is 0 Å². The second kappa shape index (κ2) is 7.96. The van der Waals surface area contributed by atoms with Crippen LogP contribution in [0.4, 0.5) is 0 Å². The summed E-state index contributed by atoms with van der Waals surface area (Å²) in [6.07, 6.45) is 4.82. The Kier molecular flexibility index (Phi) is 6.26. The average molecular weight is 283 g/mol. The number of hydrogen-bond donors (Lipinski definition) is 2. The number of carbonyl (C=O) groups is 1. The summed E-state index contributed by atoms with van der Waals surface area (Å²) in [7, 11) is 0. The lowest BCUT2D eigenvalue weighted by Crippen LogP contribution is -2.58. The lowest BCUT2D eigenvalue weighted by atomic mass is 9.89. The summed E-state index contributed by atoms with van der Waals surface area (Å²) >= 11 is 0. The predicted octanol–water partition coefficient (Wildman–Crippen LogP) is 0.744. The highest BCUT2D eigenvalue weighted by Crippen LogP contribution is 2.26. The fraction of sp³-hybridized carbons (Fsp3) is 0.933. The second-order valence-electron chi connectivity index (χ2n) is 5.79. The van der Waals surface area contributed by atoms with Gasteiger partial charge < -0.3 is 15.4 Å². The van der Waals surface area contributed by atoms with E-state index < -0.39 is 0 Å². The highest BCUT2D eigenvalue weighted by molar-refractivity contribution is 5.82. The Bertz CT molecular complexity index is 303. The maximum absolute atomic E-state index is 12.2. The first-order valence-electron chi connectivity index (χ1n) is 8.10. The molecule has 1 aliphatic carbocycles. The number of rotatable bonds is 5. The SMILES string of the molecule is CCNC(=O)C1COCCN1C1CCC(NCC)CC1. The van der Waals surface area contributed by atoms with Crippen LogP contribution in [0.2, 0.25) is 0 Å². The number of nitrogens with zero attached hydrogens (tertiary/aromatic N) is 1. The van der Waals surface area contributed by atoms with Gasteiger partial charge in [0.2, 0.25) is 5.91 Å². The van der Waals surface area contributed by atoms with Crippen LogP contribution in [0, 0.1) is 0 Å². The van der Waals surface area contributed by atoms with Crippen molar-refractivity contribution in [1.82, 2.24) is 15.5 Å². The molecule has 1 heterocycles. The van der Waals surface area contributed by atoms with Crippen LogP contribution in [0.3, 0.4) is 0 Å². The summed E-state index contributed by atoms with van der Waals surface area (Å²) in [5.74, 6) is 0.126. The third kappa shape index (κ3) is 3.93. The Morgan fingerprint density at radius 3 is 2.60 bits per heavy atom. The second-order valence-corrected chi connectivity index (χ2v) is 5.79. The van der Waals surface area contributed by atoms with Crippen LogP contribution in [0.5, 0.6) is 0 Å². The molecule has 2 fully saturated rings. The van der Waals surface area contributed by atoms with Gasteiger partial charge in [0, 0.05) is 25.2 Å². The molecular weight excluding hydrogens is 254 g/mol. The zero-order valence-electron chi connectivity index (χ0n) is 12.9. The molecule has 0 aromatic carbocycles. The Hall–Kier alpha value is -0.650. The molecule has 0 radical (unpaired) electrons. The normalized spacial score (nSPS) is 32.0. The summed E-state index contributed by atoms with van der Waals surface area (Å²) in [6.45, 7) is 8.05. The van der Waals surface area contributed by atoms with E-state index in [1.165, 1.54) is 25.7 Å². The smallest absolute Gasteiger partial charge is 0.239 e. The number of ether oxygens (including phenoxy) is 1. The molecule has 5 heteroatoms. The zero-order valence-corrected chi connectivity index (χ0v) is 12.9. The van der Waals surface area contributed by atoms with Crippen molar-refractivity contribution >= 4 is 5.91 Å². The van der Waals surface area contributed by atoms with Gasteiger partial charge in [-0.3, -0.25) is 9.69 Å². The molecule has 0 aromatic heterocycles. The van der Waals surface area contributed by atoms with E-state index in [2.05, 4.69) is 22.5 Å². The quantitative estimate of drug-likeness (QED) is 0.781. The highest BCUT2D eigenvalue weighted by Gasteiger charge is 2.35. The average Bonchev–Trinajstić information content (AvgIpc) is 2.49. The molecule has 2 N–H and O–H groups in total. The van der Waals surface area contributed by atoms with Crippen LogP contribution in [0.1, 0.15) is 39.5 Å². The van der Waals surface area contributed by atoms with Crippen molar-refractivity contribution in [2.24, 2.45) is 0 Å². The Morgan fingerprint density at radius 1 is 1.20 bits per heavy atom. The van der Waals surface area contributed by atoms with Gasteiger partial charge in [0.05, 0.1) is 13.2 Å². The van der Waals surface area contributed by atoms with E-state index in [4.69, 9.17) is 4.74 Å². The molecule has 1 atom stereocenters. The molecule has 0 aromatic rings. The van der Waals surface area contributed by atoms with E-state index in [9.17, 15) is 4.79 Å². The summed E-state index contributed by atoms with van der Waals surface area (Å²) in [5.41, 5.74) is 0. The van der Waals surface area contributed by atoms with Crippen LogP contribution in [0.15, 0.2) is 0 Å². The molecular formula is C15H29N3O2. The number of hydrogen-bond acceptors (Lipinski definition) is 4. The monoisotopic (exact) mass is 283 g/mol. The van der Waals surface area contributed by atoms with Crippen molar-refractivity contribution in [2.45, 2.75) is 57.7 Å². The molecule has 20 heavy (non-hydrogen) atoms. The largest absolute Gasteiger partial charge is 0.378 e. The van der Waals surface area contributed by atoms with E-state index in [-0.39, 0.29) is 11.9 Å². The van der Waals surface area contributed by atoms with Crippen molar-refractivity contribution in [2.75, 3.05) is 32.8 Å². The van der Waals surface area contributed by atoms with Crippen LogP contribution in [-0.2, 0) is 9.53 Å². The molecule has 1 aliphatic heterocycles. The van der Waals surface area contributed by atoms with Gasteiger partial charge >= 0.3 is 0 Å². The van der Waals surface area contributed by atoms with E-state index in [0.717, 1.165) is 19.7 Å². The van der Waals surface area contributed by atoms with E-state index in [1.807, 2.05) is 6.92 Å². The van der Waals surface area contributed by atoms with Crippen molar-refractivity contribution < 1.29 is 9.53 Å². The van der Waals surface area contributed by atoms with Crippen LogP contribution in [-0.4, -0.2) is 61.8 Å². The van der Waals surface area contributed by atoms with Gasteiger partial charge in [-0.1, -0.05) is 6.92 Å². The fourth-order valence-electron chi connectivity index (χ4n) is 3.47. The molecule has 116 valence electrons. The van der Waals surface area contributed by atoms with E-state index in [0.29, 0.717) is 25.2 Å². The van der Waals surface area contributed by atoms with Gasteiger partial charge in [0.25, 0.3) is 0 Å². The molecule has 5 nitrogen and oxygen atoms in total. The predicted molar refractivity (Wildman–Crippen MR) is 79.7 cm³/mol. The molecule has 1 saturated heterocycles. The Morgan fingerprint density at radius 2 is 1.95 bits per heavy atom. The number of nitrogens with one attached hydrogen (secondary N) is 2. The maximum atomic E-state index is 12.2.